The number of benzene rings is 1. The number of hydrogen-bond donors (Lipinski definition) is 2. The van der Waals surface area contributed by atoms with Gasteiger partial charge in [-0.2, -0.15) is 0 Å². The highest BCUT2D eigenvalue weighted by molar-refractivity contribution is 5.97. The lowest BCUT2D eigenvalue weighted by Crippen LogP contribution is -2.23. The van der Waals surface area contributed by atoms with Gasteiger partial charge in [0.1, 0.15) is 0 Å². The summed E-state index contributed by atoms with van der Waals surface area (Å²) in [4.78, 5) is 6.56. The molecule has 0 radical (unpaired) electrons. The van der Waals surface area contributed by atoms with E-state index in [0.717, 1.165) is 41.8 Å². The zero-order chi connectivity index (χ0) is 13.0. The summed E-state index contributed by atoms with van der Waals surface area (Å²) in [7, 11) is 4.05. The van der Waals surface area contributed by atoms with Gasteiger partial charge in [0, 0.05) is 19.0 Å². The molecule has 0 saturated carbocycles. The van der Waals surface area contributed by atoms with Crippen LogP contribution in [0.2, 0.25) is 0 Å². The fourth-order valence-electron chi connectivity index (χ4n) is 2.17. The summed E-state index contributed by atoms with van der Waals surface area (Å²) in [6, 6.07) is 8.10. The molecule has 4 heteroatoms. The third-order valence-corrected chi connectivity index (χ3v) is 3.08. The van der Waals surface area contributed by atoms with Crippen LogP contribution in [0, 0.1) is 0 Å². The van der Waals surface area contributed by atoms with Crippen LogP contribution in [0.1, 0.15) is 6.42 Å². The van der Waals surface area contributed by atoms with E-state index in [9.17, 15) is 0 Å². The molecule has 1 aromatic heterocycles. The number of nitrogen functional groups attached to an aromatic ring is 1. The number of rotatable bonds is 5. The molecule has 0 spiro atoms. The first-order valence-corrected chi connectivity index (χ1v) is 6.23. The quantitative estimate of drug-likeness (QED) is 0.788. The van der Waals surface area contributed by atoms with Gasteiger partial charge < -0.3 is 16.0 Å². The zero-order valence-corrected chi connectivity index (χ0v) is 11.0. The van der Waals surface area contributed by atoms with Crippen LogP contribution in [0.25, 0.3) is 10.9 Å². The van der Waals surface area contributed by atoms with Crippen molar-refractivity contribution in [2.45, 2.75) is 6.42 Å². The minimum atomic E-state index is 0.737. The topological polar surface area (TPSA) is 54.2 Å². The maximum absolute atomic E-state index is 6.07. The van der Waals surface area contributed by atoms with Crippen LogP contribution in [-0.4, -0.2) is 32.2 Å². The van der Waals surface area contributed by atoms with Crippen LogP contribution in [0.4, 0.5) is 11.4 Å². The van der Waals surface area contributed by atoms with E-state index in [1.54, 1.807) is 6.20 Å². The number of aromatic nitrogens is 1. The number of hydrogen-bond acceptors (Lipinski definition) is 4. The van der Waals surface area contributed by atoms with Gasteiger partial charge in [0.15, 0.2) is 0 Å². The van der Waals surface area contributed by atoms with Crippen molar-refractivity contribution < 1.29 is 0 Å². The Morgan fingerprint density at radius 1 is 1.33 bits per heavy atom. The predicted molar refractivity (Wildman–Crippen MR) is 78.0 cm³/mol. The van der Waals surface area contributed by atoms with Gasteiger partial charge in [-0.3, -0.25) is 4.98 Å². The lowest BCUT2D eigenvalue weighted by molar-refractivity contribution is 0.714. The van der Waals surface area contributed by atoms with Crippen molar-refractivity contribution >= 4 is 22.3 Å². The number of para-hydroxylation sites is 1. The Morgan fingerprint density at radius 2 is 2.11 bits per heavy atom. The number of nitrogens with one attached hydrogen (secondary N) is 1. The summed E-state index contributed by atoms with van der Waals surface area (Å²) >= 11 is 0. The second-order valence-corrected chi connectivity index (χ2v) is 4.46. The maximum atomic E-state index is 6.07. The van der Waals surface area contributed by atoms with Gasteiger partial charge in [0.05, 0.1) is 23.1 Å². The standard InChI is InChI=1S/C14H20N4/c1-16-8-5-9-18(2)14-11-6-3-4-7-13(11)17-10-12(14)15/h3-4,6-7,10,16H,5,8-9,15H2,1-2H3. The highest BCUT2D eigenvalue weighted by atomic mass is 15.1. The average molecular weight is 244 g/mol. The molecule has 2 rings (SSSR count). The number of fused-ring (bicyclic) bond motifs is 1. The minimum absolute atomic E-state index is 0.737. The number of anilines is 2. The van der Waals surface area contributed by atoms with E-state index in [2.05, 4.69) is 28.3 Å². The molecule has 18 heavy (non-hydrogen) atoms. The molecular formula is C14H20N4. The molecule has 3 N–H and O–H groups in total. The molecule has 96 valence electrons. The summed E-state index contributed by atoms with van der Waals surface area (Å²) in [5.74, 6) is 0. The normalized spacial score (nSPS) is 10.8. The number of nitrogens with two attached hydrogens (primary N) is 1. The molecule has 1 aromatic carbocycles. The second-order valence-electron chi connectivity index (χ2n) is 4.46. The average Bonchev–Trinajstić information content (AvgIpc) is 2.38. The minimum Gasteiger partial charge on any atom is -0.396 e. The van der Waals surface area contributed by atoms with E-state index >= 15 is 0 Å². The van der Waals surface area contributed by atoms with E-state index in [0.29, 0.717) is 0 Å². The van der Waals surface area contributed by atoms with Crippen LogP contribution in [0.5, 0.6) is 0 Å². The zero-order valence-electron chi connectivity index (χ0n) is 11.0. The van der Waals surface area contributed by atoms with E-state index in [4.69, 9.17) is 5.73 Å². The highest BCUT2D eigenvalue weighted by Gasteiger charge is 2.10. The molecule has 2 aromatic rings. The van der Waals surface area contributed by atoms with Crippen LogP contribution >= 0.6 is 0 Å². The Labute approximate surface area is 108 Å². The molecule has 0 aliphatic carbocycles. The molecule has 0 atom stereocenters. The Kier molecular flexibility index (Phi) is 3.99. The SMILES string of the molecule is CNCCCN(C)c1c(N)cnc2ccccc12. The molecule has 0 amide bonds. The Hall–Kier alpha value is -1.81. The van der Waals surface area contributed by atoms with Crippen molar-refractivity contribution in [1.82, 2.24) is 10.3 Å². The fraction of sp³-hybridized carbons (Fsp3) is 0.357. The molecule has 0 unspecified atom stereocenters. The summed E-state index contributed by atoms with van der Waals surface area (Å²) in [5, 5.41) is 4.27. The number of pyridine rings is 1. The predicted octanol–water partition coefficient (Wildman–Crippen LogP) is 1.86. The van der Waals surface area contributed by atoms with E-state index in [-0.39, 0.29) is 0 Å². The first kappa shape index (κ1) is 12.6. The third-order valence-electron chi connectivity index (χ3n) is 3.08. The van der Waals surface area contributed by atoms with Crippen LogP contribution in [0.3, 0.4) is 0 Å². The molecular weight excluding hydrogens is 224 g/mol. The van der Waals surface area contributed by atoms with Crippen LogP contribution < -0.4 is 16.0 Å². The molecule has 0 aliphatic heterocycles. The summed E-state index contributed by atoms with van der Waals surface area (Å²) < 4.78 is 0. The van der Waals surface area contributed by atoms with Crippen molar-refractivity contribution in [1.29, 1.82) is 0 Å². The van der Waals surface area contributed by atoms with Crippen molar-refractivity contribution in [3.8, 4) is 0 Å². The summed E-state index contributed by atoms with van der Waals surface area (Å²) in [6.45, 7) is 1.98. The Bertz CT molecular complexity index is 524. The third kappa shape index (κ3) is 2.54. The van der Waals surface area contributed by atoms with Crippen molar-refractivity contribution in [2.75, 3.05) is 37.8 Å². The van der Waals surface area contributed by atoms with E-state index in [1.807, 2.05) is 25.2 Å². The summed E-state index contributed by atoms with van der Waals surface area (Å²) in [5.41, 5.74) is 8.88. The van der Waals surface area contributed by atoms with Crippen LogP contribution in [-0.2, 0) is 0 Å². The lowest BCUT2D eigenvalue weighted by Gasteiger charge is -2.22. The molecule has 1 heterocycles. The smallest absolute Gasteiger partial charge is 0.0745 e. The maximum Gasteiger partial charge on any atom is 0.0745 e. The van der Waals surface area contributed by atoms with E-state index < -0.39 is 0 Å². The lowest BCUT2D eigenvalue weighted by atomic mass is 10.1. The highest BCUT2D eigenvalue weighted by Crippen LogP contribution is 2.30. The van der Waals surface area contributed by atoms with Crippen LogP contribution in [0.15, 0.2) is 30.5 Å². The Morgan fingerprint density at radius 3 is 2.89 bits per heavy atom. The van der Waals surface area contributed by atoms with Gasteiger partial charge in [0.25, 0.3) is 0 Å². The van der Waals surface area contributed by atoms with Crippen molar-refractivity contribution in [2.24, 2.45) is 0 Å². The van der Waals surface area contributed by atoms with Crippen molar-refractivity contribution in [3.63, 3.8) is 0 Å². The molecule has 0 saturated heterocycles. The van der Waals surface area contributed by atoms with Gasteiger partial charge in [0.2, 0.25) is 0 Å². The number of nitrogens with zero attached hydrogens (tertiary/aromatic N) is 2. The largest absolute Gasteiger partial charge is 0.396 e. The van der Waals surface area contributed by atoms with E-state index in [1.165, 1.54) is 0 Å². The fourth-order valence-corrected chi connectivity index (χ4v) is 2.17. The van der Waals surface area contributed by atoms with Gasteiger partial charge in [-0.15, -0.1) is 0 Å². The van der Waals surface area contributed by atoms with Gasteiger partial charge >= 0.3 is 0 Å². The molecule has 4 nitrogen and oxygen atoms in total. The first-order chi connectivity index (χ1) is 8.74. The molecule has 0 bridgehead atoms. The van der Waals surface area contributed by atoms with Gasteiger partial charge in [-0.25, -0.2) is 0 Å². The second kappa shape index (κ2) is 5.69. The molecule has 0 aliphatic rings. The first-order valence-electron chi connectivity index (χ1n) is 6.23. The molecule has 0 fully saturated rings. The van der Waals surface area contributed by atoms with Gasteiger partial charge in [-0.1, -0.05) is 18.2 Å². The van der Waals surface area contributed by atoms with Crippen molar-refractivity contribution in [3.05, 3.63) is 30.5 Å². The van der Waals surface area contributed by atoms with Gasteiger partial charge in [-0.05, 0) is 26.1 Å². The summed E-state index contributed by atoms with van der Waals surface area (Å²) in [6.07, 6.45) is 2.83. The monoisotopic (exact) mass is 244 g/mol. The Balaban J connectivity index is 2.33.